The van der Waals surface area contributed by atoms with Crippen LogP contribution in [0, 0.1) is 5.92 Å². The molecule has 7 heteroatoms. The lowest BCUT2D eigenvalue weighted by molar-refractivity contribution is 0.0626. The summed E-state index contributed by atoms with van der Waals surface area (Å²) in [5.74, 6) is -0.337. The van der Waals surface area contributed by atoms with Crippen molar-refractivity contribution in [3.8, 4) is 0 Å². The third kappa shape index (κ3) is 3.08. The first-order valence-electron chi connectivity index (χ1n) is 7.81. The Morgan fingerprint density at radius 2 is 1.96 bits per heavy atom. The number of benzene rings is 1. The summed E-state index contributed by atoms with van der Waals surface area (Å²) in [6, 6.07) is 7.87. The van der Waals surface area contributed by atoms with Crippen molar-refractivity contribution in [2.45, 2.75) is 19.1 Å². The molecule has 1 aliphatic rings. The third-order valence-corrected chi connectivity index (χ3v) is 6.50. The highest BCUT2D eigenvalue weighted by Gasteiger charge is 2.40. The summed E-state index contributed by atoms with van der Waals surface area (Å²) in [7, 11) is -3.20. The van der Waals surface area contributed by atoms with Gasteiger partial charge in [0, 0.05) is 19.2 Å². The third-order valence-electron chi connectivity index (χ3n) is 4.05. The van der Waals surface area contributed by atoms with Gasteiger partial charge in [-0.15, -0.1) is 0 Å². The minimum atomic E-state index is -3.20. The first-order chi connectivity index (χ1) is 11.3. The molecule has 2 aromatic rings. The van der Waals surface area contributed by atoms with Gasteiger partial charge in [-0.1, -0.05) is 26.0 Å². The molecule has 6 nitrogen and oxygen atoms in total. The number of sulfone groups is 1. The van der Waals surface area contributed by atoms with Crippen LogP contribution in [0.3, 0.4) is 0 Å². The molecule has 3 rings (SSSR count). The molecular formula is C17H19NO5S. The highest BCUT2D eigenvalue weighted by Crippen LogP contribution is 2.22. The summed E-state index contributed by atoms with van der Waals surface area (Å²) < 4.78 is 29.8. The van der Waals surface area contributed by atoms with Crippen LogP contribution in [-0.4, -0.2) is 43.3 Å². The van der Waals surface area contributed by atoms with E-state index in [1.54, 1.807) is 24.3 Å². The number of amides is 1. The zero-order valence-corrected chi connectivity index (χ0v) is 14.4. The fraction of sp³-hybridized carbons (Fsp3) is 0.412. The minimum absolute atomic E-state index is 0.0539. The lowest BCUT2D eigenvalue weighted by Crippen LogP contribution is -2.57. The number of nitrogens with zero attached hydrogens (tertiary/aromatic N) is 1. The highest BCUT2D eigenvalue weighted by molar-refractivity contribution is 7.92. The van der Waals surface area contributed by atoms with Crippen LogP contribution in [-0.2, 0) is 9.84 Å². The Morgan fingerprint density at radius 3 is 2.62 bits per heavy atom. The van der Waals surface area contributed by atoms with E-state index in [1.807, 2.05) is 13.8 Å². The maximum Gasteiger partial charge on any atom is 0.289 e. The molecule has 0 aliphatic carbocycles. The van der Waals surface area contributed by atoms with Crippen molar-refractivity contribution >= 4 is 26.7 Å². The van der Waals surface area contributed by atoms with Crippen LogP contribution < -0.4 is 5.43 Å². The van der Waals surface area contributed by atoms with Crippen LogP contribution in [0.5, 0.6) is 0 Å². The fourth-order valence-corrected chi connectivity index (χ4v) is 4.81. The van der Waals surface area contributed by atoms with Gasteiger partial charge in [0.1, 0.15) is 5.58 Å². The zero-order chi connectivity index (χ0) is 17.5. The average molecular weight is 349 g/mol. The van der Waals surface area contributed by atoms with E-state index >= 15 is 0 Å². The van der Waals surface area contributed by atoms with Gasteiger partial charge in [-0.3, -0.25) is 9.59 Å². The molecule has 0 unspecified atom stereocenters. The van der Waals surface area contributed by atoms with E-state index in [-0.39, 0.29) is 35.9 Å². The molecule has 1 aromatic heterocycles. The molecule has 24 heavy (non-hydrogen) atoms. The molecule has 0 spiro atoms. The quantitative estimate of drug-likeness (QED) is 0.838. The Kier molecular flexibility index (Phi) is 4.21. The van der Waals surface area contributed by atoms with E-state index < -0.39 is 21.0 Å². The van der Waals surface area contributed by atoms with Crippen molar-refractivity contribution in [3.05, 3.63) is 46.3 Å². The van der Waals surface area contributed by atoms with Crippen molar-refractivity contribution in [2.75, 3.05) is 18.8 Å². The number of likely N-dealkylation sites (tertiary alicyclic amines) is 1. The van der Waals surface area contributed by atoms with Crippen LogP contribution in [0.1, 0.15) is 24.4 Å². The van der Waals surface area contributed by atoms with Crippen molar-refractivity contribution in [1.82, 2.24) is 4.90 Å². The molecule has 1 saturated heterocycles. The molecule has 0 radical (unpaired) electrons. The molecule has 1 aliphatic heterocycles. The van der Waals surface area contributed by atoms with E-state index in [2.05, 4.69) is 0 Å². The lowest BCUT2D eigenvalue weighted by Gasteiger charge is -2.38. The predicted octanol–water partition coefficient (Wildman–Crippen LogP) is 1.69. The fourth-order valence-electron chi connectivity index (χ4n) is 2.80. The molecular weight excluding hydrogens is 330 g/mol. The van der Waals surface area contributed by atoms with Gasteiger partial charge in [-0.2, -0.15) is 0 Å². The Morgan fingerprint density at radius 1 is 1.29 bits per heavy atom. The van der Waals surface area contributed by atoms with Crippen LogP contribution in [0.2, 0.25) is 0 Å². The van der Waals surface area contributed by atoms with Crippen molar-refractivity contribution in [2.24, 2.45) is 5.92 Å². The maximum absolute atomic E-state index is 12.4. The van der Waals surface area contributed by atoms with E-state index in [0.29, 0.717) is 11.0 Å². The van der Waals surface area contributed by atoms with Gasteiger partial charge in [0.25, 0.3) is 5.91 Å². The standard InChI is InChI=1S/C17H19NO5S/c1-11(2)10-24(21,22)12-8-18(9-12)17(20)16-7-14(19)13-5-3-4-6-15(13)23-16/h3-7,11-12H,8-10H2,1-2H3. The summed E-state index contributed by atoms with van der Waals surface area (Å²) in [6.07, 6.45) is 0. The number of carbonyl (C=O) groups is 1. The normalized spacial score (nSPS) is 15.7. The molecule has 1 fully saturated rings. The van der Waals surface area contributed by atoms with Gasteiger partial charge >= 0.3 is 0 Å². The van der Waals surface area contributed by atoms with Crippen LogP contribution in [0.15, 0.2) is 39.5 Å². The van der Waals surface area contributed by atoms with Gasteiger partial charge in [-0.05, 0) is 18.1 Å². The zero-order valence-electron chi connectivity index (χ0n) is 13.6. The SMILES string of the molecule is CC(C)CS(=O)(=O)C1CN(C(=O)c2cc(=O)c3ccccc3o2)C1. The van der Waals surface area contributed by atoms with Crippen molar-refractivity contribution < 1.29 is 17.6 Å². The Labute approximate surface area is 140 Å². The first-order valence-corrected chi connectivity index (χ1v) is 9.53. The van der Waals surface area contributed by atoms with Crippen LogP contribution in [0.4, 0.5) is 0 Å². The number of carbonyl (C=O) groups excluding carboxylic acids is 1. The maximum atomic E-state index is 12.4. The first kappa shape index (κ1) is 16.7. The summed E-state index contributed by atoms with van der Waals surface area (Å²) in [5.41, 5.74) is 0.0579. The number of fused-ring (bicyclic) bond motifs is 1. The summed E-state index contributed by atoms with van der Waals surface area (Å²) >= 11 is 0. The Balaban J connectivity index is 1.77. The summed E-state index contributed by atoms with van der Waals surface area (Å²) in [4.78, 5) is 25.9. The van der Waals surface area contributed by atoms with Gasteiger partial charge in [-0.25, -0.2) is 8.42 Å². The van der Waals surface area contributed by atoms with Crippen LogP contribution in [0.25, 0.3) is 11.0 Å². The molecule has 0 atom stereocenters. The molecule has 0 saturated carbocycles. The topological polar surface area (TPSA) is 84.7 Å². The number of para-hydroxylation sites is 1. The highest BCUT2D eigenvalue weighted by atomic mass is 32.2. The van der Waals surface area contributed by atoms with E-state index in [1.165, 1.54) is 11.0 Å². The smallest absolute Gasteiger partial charge is 0.289 e. The van der Waals surface area contributed by atoms with E-state index in [0.717, 1.165) is 0 Å². The second-order valence-electron chi connectivity index (χ2n) is 6.53. The van der Waals surface area contributed by atoms with Crippen molar-refractivity contribution in [3.63, 3.8) is 0 Å². The molecule has 2 heterocycles. The Hall–Kier alpha value is -2.15. The minimum Gasteiger partial charge on any atom is -0.451 e. The number of hydrogen-bond acceptors (Lipinski definition) is 5. The molecule has 0 bridgehead atoms. The number of rotatable bonds is 4. The molecule has 0 N–H and O–H groups in total. The average Bonchev–Trinajstić information content (AvgIpc) is 2.43. The van der Waals surface area contributed by atoms with Gasteiger partial charge in [0.2, 0.25) is 0 Å². The molecule has 1 aromatic carbocycles. The van der Waals surface area contributed by atoms with E-state index in [4.69, 9.17) is 4.42 Å². The van der Waals surface area contributed by atoms with Gasteiger partial charge in [0.05, 0.1) is 16.4 Å². The second kappa shape index (κ2) is 6.05. The summed E-state index contributed by atoms with van der Waals surface area (Å²) in [6.45, 7) is 3.99. The molecule has 128 valence electrons. The molecule has 1 amide bonds. The lowest BCUT2D eigenvalue weighted by atomic mass is 10.1. The van der Waals surface area contributed by atoms with E-state index in [9.17, 15) is 18.0 Å². The second-order valence-corrected chi connectivity index (χ2v) is 8.85. The van der Waals surface area contributed by atoms with Crippen LogP contribution >= 0.6 is 0 Å². The number of hydrogen-bond donors (Lipinski definition) is 0. The largest absolute Gasteiger partial charge is 0.451 e. The van der Waals surface area contributed by atoms with Gasteiger partial charge in [0.15, 0.2) is 21.0 Å². The monoisotopic (exact) mass is 349 g/mol. The van der Waals surface area contributed by atoms with Gasteiger partial charge < -0.3 is 9.32 Å². The summed E-state index contributed by atoms with van der Waals surface area (Å²) in [5, 5.41) is -0.119. The Bertz CT molecular complexity index is 939. The predicted molar refractivity (Wildman–Crippen MR) is 90.8 cm³/mol. The van der Waals surface area contributed by atoms with Crippen molar-refractivity contribution in [1.29, 1.82) is 0 Å².